The lowest BCUT2D eigenvalue weighted by Gasteiger charge is -2.25. The largest absolute Gasteiger partial charge is 0.355 e. The molecule has 1 N–H and O–H groups in total. The van der Waals surface area contributed by atoms with Gasteiger partial charge < -0.3 is 9.55 Å². The van der Waals surface area contributed by atoms with Crippen LogP contribution in [0.15, 0.2) is 127 Å². The Kier molecular flexibility index (Phi) is 5.86. The fourth-order valence-electron chi connectivity index (χ4n) is 6.85. The van der Waals surface area contributed by atoms with E-state index in [9.17, 15) is 0 Å². The highest BCUT2D eigenvalue weighted by atomic mass is 15.1. The van der Waals surface area contributed by atoms with Crippen molar-refractivity contribution in [3.63, 3.8) is 0 Å². The lowest BCUT2D eigenvalue weighted by Crippen LogP contribution is -2.23. The number of allylic oxidation sites excluding steroid dienone is 3. The maximum atomic E-state index is 3.73. The lowest BCUT2D eigenvalue weighted by atomic mass is 9.87. The molecule has 196 valence electrons. The lowest BCUT2D eigenvalue weighted by molar-refractivity contribution is 0.440. The summed E-state index contributed by atoms with van der Waals surface area (Å²) in [6, 6.07) is 39.2. The molecule has 0 bridgehead atoms. The summed E-state index contributed by atoms with van der Waals surface area (Å²) in [5.74, 6) is 0.332. The number of para-hydroxylation sites is 2. The van der Waals surface area contributed by atoms with Crippen molar-refractivity contribution >= 4 is 27.9 Å². The Morgan fingerprint density at radius 2 is 1.35 bits per heavy atom. The molecule has 0 spiro atoms. The average Bonchev–Trinajstić information content (AvgIpc) is 3.61. The third-order valence-electron chi connectivity index (χ3n) is 8.41. The molecule has 0 unspecified atom stereocenters. The smallest absolute Gasteiger partial charge is 0.0616 e. The zero-order valence-electron chi connectivity index (χ0n) is 23.4. The Morgan fingerprint density at radius 3 is 2.05 bits per heavy atom. The van der Waals surface area contributed by atoms with Crippen LogP contribution in [-0.2, 0) is 5.54 Å². The molecule has 2 atom stereocenters. The molecule has 0 fully saturated rings. The zero-order chi connectivity index (χ0) is 27.3. The molecule has 2 aromatic heterocycles. The Labute approximate surface area is 236 Å². The number of aromatic amines is 1. The molecule has 40 heavy (non-hydrogen) atoms. The van der Waals surface area contributed by atoms with Crippen molar-refractivity contribution in [2.45, 2.75) is 38.6 Å². The molecule has 1 aliphatic heterocycles. The third-order valence-corrected chi connectivity index (χ3v) is 8.41. The van der Waals surface area contributed by atoms with E-state index in [1.165, 1.54) is 55.3 Å². The Balaban J connectivity index is 1.45. The van der Waals surface area contributed by atoms with Crippen LogP contribution < -0.4 is 0 Å². The standard InChI is InChI=1S/C38H34N2/c1-26(2)24-29-25-38(3,40-34-21-13-11-19-31(34)36(37(29)40)28-16-8-5-9-17-28)23-22-33-35(27-14-6-4-7-15-27)30-18-10-12-20-32(30)39-33/h4-24,29,39H,25H2,1-3H3/b23-22+/t29-,38+/m1/s1. The first kappa shape index (κ1) is 24.5. The Bertz CT molecular complexity index is 1900. The van der Waals surface area contributed by atoms with Gasteiger partial charge in [0.05, 0.1) is 5.54 Å². The Hall–Kier alpha value is -4.56. The van der Waals surface area contributed by atoms with Crippen molar-refractivity contribution in [2.75, 3.05) is 0 Å². The quantitative estimate of drug-likeness (QED) is 0.219. The maximum absolute atomic E-state index is 3.73. The third kappa shape index (κ3) is 3.95. The first-order chi connectivity index (χ1) is 19.5. The van der Waals surface area contributed by atoms with Gasteiger partial charge in [0, 0.05) is 50.2 Å². The highest BCUT2D eigenvalue weighted by molar-refractivity contribution is 6.01. The number of fused-ring (bicyclic) bond motifs is 4. The summed E-state index contributed by atoms with van der Waals surface area (Å²) >= 11 is 0. The first-order valence-electron chi connectivity index (χ1n) is 14.2. The van der Waals surface area contributed by atoms with E-state index in [1.807, 2.05) is 0 Å². The summed E-state index contributed by atoms with van der Waals surface area (Å²) in [5, 5.41) is 2.58. The number of benzene rings is 4. The van der Waals surface area contributed by atoms with Crippen LogP contribution in [0, 0.1) is 0 Å². The average molecular weight is 519 g/mol. The van der Waals surface area contributed by atoms with Gasteiger partial charge in [0.1, 0.15) is 0 Å². The van der Waals surface area contributed by atoms with Crippen LogP contribution in [0.5, 0.6) is 0 Å². The second kappa shape index (κ2) is 9.57. The molecule has 0 amide bonds. The van der Waals surface area contributed by atoms with E-state index in [0.717, 1.165) is 12.1 Å². The van der Waals surface area contributed by atoms with Gasteiger partial charge in [-0.25, -0.2) is 0 Å². The fraction of sp³-hybridized carbons (Fsp3) is 0.158. The summed E-state index contributed by atoms with van der Waals surface area (Å²) in [5.41, 5.74) is 11.4. The number of nitrogens with one attached hydrogen (secondary N) is 1. The molecule has 7 rings (SSSR count). The van der Waals surface area contributed by atoms with Crippen LogP contribution in [0.2, 0.25) is 0 Å². The highest BCUT2D eigenvalue weighted by Gasteiger charge is 2.41. The van der Waals surface area contributed by atoms with Crippen LogP contribution in [0.1, 0.15) is 44.5 Å². The van der Waals surface area contributed by atoms with Gasteiger partial charge in [0.2, 0.25) is 0 Å². The minimum absolute atomic E-state index is 0.191. The summed E-state index contributed by atoms with van der Waals surface area (Å²) in [7, 11) is 0. The molecule has 0 radical (unpaired) electrons. The van der Waals surface area contributed by atoms with Gasteiger partial charge >= 0.3 is 0 Å². The molecule has 4 aromatic carbocycles. The molecule has 1 aliphatic rings. The van der Waals surface area contributed by atoms with Gasteiger partial charge in [0.25, 0.3) is 0 Å². The predicted octanol–water partition coefficient (Wildman–Crippen LogP) is 10.3. The van der Waals surface area contributed by atoms with Crippen LogP contribution in [0.25, 0.3) is 50.1 Å². The topological polar surface area (TPSA) is 20.7 Å². The number of hydrogen-bond acceptors (Lipinski definition) is 0. The minimum Gasteiger partial charge on any atom is -0.355 e. The van der Waals surface area contributed by atoms with Crippen LogP contribution in [0.3, 0.4) is 0 Å². The van der Waals surface area contributed by atoms with E-state index in [0.29, 0.717) is 5.92 Å². The molecule has 0 saturated heterocycles. The molecule has 2 nitrogen and oxygen atoms in total. The van der Waals surface area contributed by atoms with Gasteiger partial charge in [-0.1, -0.05) is 115 Å². The van der Waals surface area contributed by atoms with E-state index in [1.54, 1.807) is 0 Å². The fourth-order valence-corrected chi connectivity index (χ4v) is 6.85. The number of hydrogen-bond donors (Lipinski definition) is 1. The number of nitrogens with zero attached hydrogens (tertiary/aromatic N) is 1. The van der Waals surface area contributed by atoms with Crippen molar-refractivity contribution in [1.82, 2.24) is 9.55 Å². The van der Waals surface area contributed by atoms with Crippen LogP contribution in [0.4, 0.5) is 0 Å². The van der Waals surface area contributed by atoms with Crippen molar-refractivity contribution in [3.05, 3.63) is 138 Å². The van der Waals surface area contributed by atoms with Gasteiger partial charge in [-0.15, -0.1) is 0 Å². The molecule has 0 aliphatic carbocycles. The zero-order valence-corrected chi connectivity index (χ0v) is 23.4. The molecule has 0 saturated carbocycles. The van der Waals surface area contributed by atoms with Gasteiger partial charge in [0.15, 0.2) is 0 Å². The van der Waals surface area contributed by atoms with E-state index < -0.39 is 0 Å². The Morgan fingerprint density at radius 1 is 0.750 bits per heavy atom. The van der Waals surface area contributed by atoms with Gasteiger partial charge in [-0.3, -0.25) is 0 Å². The second-order valence-corrected chi connectivity index (χ2v) is 11.5. The summed E-state index contributed by atoms with van der Waals surface area (Å²) in [6.45, 7) is 6.84. The molecular formula is C38H34N2. The van der Waals surface area contributed by atoms with Crippen LogP contribution in [-0.4, -0.2) is 9.55 Å². The monoisotopic (exact) mass is 518 g/mol. The summed E-state index contributed by atoms with van der Waals surface area (Å²) in [6.07, 6.45) is 8.26. The van der Waals surface area contributed by atoms with Crippen molar-refractivity contribution in [2.24, 2.45) is 0 Å². The van der Waals surface area contributed by atoms with Crippen LogP contribution >= 0.6 is 0 Å². The van der Waals surface area contributed by atoms with Crippen molar-refractivity contribution in [1.29, 1.82) is 0 Å². The minimum atomic E-state index is -0.191. The van der Waals surface area contributed by atoms with E-state index in [2.05, 4.69) is 158 Å². The predicted molar refractivity (Wildman–Crippen MR) is 171 cm³/mol. The van der Waals surface area contributed by atoms with E-state index >= 15 is 0 Å². The summed E-state index contributed by atoms with van der Waals surface area (Å²) < 4.78 is 2.62. The van der Waals surface area contributed by atoms with Gasteiger partial charge in [-0.05, 0) is 56.5 Å². The summed E-state index contributed by atoms with van der Waals surface area (Å²) in [4.78, 5) is 3.73. The molecular weight excluding hydrogens is 484 g/mol. The maximum Gasteiger partial charge on any atom is 0.0616 e. The van der Waals surface area contributed by atoms with Crippen molar-refractivity contribution in [3.8, 4) is 22.3 Å². The molecule has 3 heterocycles. The number of rotatable bonds is 5. The normalized spacial score (nSPS) is 18.5. The van der Waals surface area contributed by atoms with Gasteiger partial charge in [-0.2, -0.15) is 0 Å². The number of H-pyrrole nitrogens is 1. The van der Waals surface area contributed by atoms with E-state index in [-0.39, 0.29) is 5.54 Å². The first-order valence-corrected chi connectivity index (χ1v) is 14.2. The SMILES string of the molecule is CC(C)=C[C@@H]1C[C@](C)(/C=C/c2[nH]c3ccccc3c2-c2ccccc2)n2c1c(-c1ccccc1)c1ccccc12. The van der Waals surface area contributed by atoms with Crippen molar-refractivity contribution < 1.29 is 0 Å². The molecule has 2 heteroatoms. The molecule has 6 aromatic rings. The van der Waals surface area contributed by atoms with E-state index in [4.69, 9.17) is 0 Å². The number of aromatic nitrogens is 2. The second-order valence-electron chi connectivity index (χ2n) is 11.5. The highest BCUT2D eigenvalue weighted by Crippen LogP contribution is 2.52.